The third-order valence-corrected chi connectivity index (χ3v) is 5.49. The van der Waals surface area contributed by atoms with Crippen LogP contribution in [0, 0.1) is 24.1 Å². The molecular weight excluding hydrogens is 427 g/mol. The Kier molecular flexibility index (Phi) is 6.02. The second-order valence-electron chi connectivity index (χ2n) is 7.17. The number of nitrogens with zero attached hydrogens (tertiary/aromatic N) is 3. The van der Waals surface area contributed by atoms with Gasteiger partial charge in [-0.3, -0.25) is 4.79 Å². The van der Waals surface area contributed by atoms with E-state index in [9.17, 15) is 14.4 Å². The number of aromatic nitrogens is 2. The van der Waals surface area contributed by atoms with Gasteiger partial charge in [-0.15, -0.1) is 0 Å². The van der Waals surface area contributed by atoms with Crippen LogP contribution < -0.4 is 5.32 Å². The molecule has 0 spiro atoms. The fourth-order valence-electron chi connectivity index (χ4n) is 3.51. The molecule has 1 atom stereocenters. The van der Waals surface area contributed by atoms with Crippen LogP contribution >= 0.6 is 11.6 Å². The number of hydrogen-bond donors (Lipinski definition) is 1. The minimum atomic E-state index is -0.519. The fourth-order valence-corrected chi connectivity index (χ4v) is 3.80. The van der Waals surface area contributed by atoms with E-state index in [1.807, 2.05) is 30.3 Å². The Hall–Kier alpha value is -3.95. The molecule has 158 valence electrons. The number of hydrogen-bond acceptors (Lipinski definition) is 3. The maximum Gasteiger partial charge on any atom is 0.259 e. The summed E-state index contributed by atoms with van der Waals surface area (Å²) < 4.78 is 15.5. The first-order chi connectivity index (χ1) is 15.5. The van der Waals surface area contributed by atoms with Gasteiger partial charge in [0.2, 0.25) is 0 Å². The van der Waals surface area contributed by atoms with Crippen LogP contribution in [0.2, 0.25) is 5.02 Å². The maximum atomic E-state index is 14.1. The maximum absolute atomic E-state index is 14.1. The van der Waals surface area contributed by atoms with Crippen molar-refractivity contribution in [2.45, 2.75) is 12.8 Å². The van der Waals surface area contributed by atoms with Gasteiger partial charge >= 0.3 is 0 Å². The average Bonchev–Trinajstić information content (AvgIpc) is 3.18. The molecular formula is C25H18ClFN4O. The normalized spacial score (nSPS) is 11.6. The van der Waals surface area contributed by atoms with Gasteiger partial charge in [0.15, 0.2) is 0 Å². The zero-order valence-electron chi connectivity index (χ0n) is 17.1. The summed E-state index contributed by atoms with van der Waals surface area (Å²) in [6.07, 6.45) is 1.40. The van der Waals surface area contributed by atoms with E-state index < -0.39 is 17.6 Å². The summed E-state index contributed by atoms with van der Waals surface area (Å²) in [7, 11) is 0. The molecule has 0 fully saturated rings. The van der Waals surface area contributed by atoms with Crippen LogP contribution in [-0.2, 0) is 0 Å². The lowest BCUT2D eigenvalue weighted by Gasteiger charge is -2.13. The average molecular weight is 445 g/mol. The number of amides is 1. The molecule has 0 aliphatic carbocycles. The predicted molar refractivity (Wildman–Crippen MR) is 122 cm³/mol. The molecule has 0 aliphatic rings. The lowest BCUT2D eigenvalue weighted by molar-refractivity contribution is 0.102. The number of nitriles is 1. The van der Waals surface area contributed by atoms with Gasteiger partial charge in [0.05, 0.1) is 29.4 Å². The SMILES string of the molecule is Cc1c(C(=O)Nc2ccc(C(C#N)c3ccccc3)c(Cl)c2)cnn1-c1ccccc1F. The van der Waals surface area contributed by atoms with Crippen LogP contribution in [0.3, 0.4) is 0 Å². The van der Waals surface area contributed by atoms with Crippen molar-refractivity contribution in [1.29, 1.82) is 5.26 Å². The molecule has 0 saturated heterocycles. The van der Waals surface area contributed by atoms with E-state index in [1.165, 1.54) is 16.9 Å². The Bertz CT molecular complexity index is 1330. The first kappa shape index (κ1) is 21.3. The molecule has 4 rings (SSSR count). The van der Waals surface area contributed by atoms with Crippen LogP contribution in [0.1, 0.15) is 33.1 Å². The van der Waals surface area contributed by atoms with E-state index in [1.54, 1.807) is 43.3 Å². The molecule has 1 amide bonds. The van der Waals surface area contributed by atoms with E-state index in [0.717, 1.165) is 5.56 Å². The van der Waals surface area contributed by atoms with Crippen molar-refractivity contribution in [3.05, 3.63) is 112 Å². The zero-order valence-corrected chi connectivity index (χ0v) is 17.8. The molecule has 1 heterocycles. The smallest absolute Gasteiger partial charge is 0.259 e. The third-order valence-electron chi connectivity index (χ3n) is 5.17. The first-order valence-electron chi connectivity index (χ1n) is 9.84. The largest absolute Gasteiger partial charge is 0.322 e. The summed E-state index contributed by atoms with van der Waals surface area (Å²) >= 11 is 6.45. The highest BCUT2D eigenvalue weighted by Gasteiger charge is 2.19. The van der Waals surface area contributed by atoms with Crippen molar-refractivity contribution >= 4 is 23.2 Å². The van der Waals surface area contributed by atoms with Gasteiger partial charge < -0.3 is 5.32 Å². The molecule has 7 heteroatoms. The molecule has 0 radical (unpaired) electrons. The van der Waals surface area contributed by atoms with E-state index >= 15 is 0 Å². The summed E-state index contributed by atoms with van der Waals surface area (Å²) in [4.78, 5) is 12.8. The summed E-state index contributed by atoms with van der Waals surface area (Å²) in [5.74, 6) is -1.35. The molecule has 0 saturated carbocycles. The van der Waals surface area contributed by atoms with Crippen LogP contribution in [0.5, 0.6) is 0 Å². The zero-order chi connectivity index (χ0) is 22.7. The molecule has 5 nitrogen and oxygen atoms in total. The first-order valence-corrected chi connectivity index (χ1v) is 10.2. The number of carbonyl (C=O) groups is 1. The number of rotatable bonds is 5. The van der Waals surface area contributed by atoms with Gasteiger partial charge in [0.1, 0.15) is 11.5 Å². The van der Waals surface area contributed by atoms with E-state index in [-0.39, 0.29) is 5.69 Å². The number of carbonyl (C=O) groups excluding carboxylic acids is 1. The monoisotopic (exact) mass is 444 g/mol. The summed E-state index contributed by atoms with van der Waals surface area (Å²) in [5, 5.41) is 17.0. The lowest BCUT2D eigenvalue weighted by Crippen LogP contribution is -2.13. The van der Waals surface area contributed by atoms with Gasteiger partial charge in [-0.2, -0.15) is 10.4 Å². The van der Waals surface area contributed by atoms with Crippen molar-refractivity contribution in [3.63, 3.8) is 0 Å². The third kappa shape index (κ3) is 4.11. The topological polar surface area (TPSA) is 70.7 Å². The summed E-state index contributed by atoms with van der Waals surface area (Å²) in [6, 6.07) is 22.9. The molecule has 1 aromatic heterocycles. The minimum Gasteiger partial charge on any atom is -0.322 e. The van der Waals surface area contributed by atoms with Crippen LogP contribution in [0.4, 0.5) is 10.1 Å². The van der Waals surface area contributed by atoms with Gasteiger partial charge in [-0.05, 0) is 42.3 Å². The van der Waals surface area contributed by atoms with Gasteiger partial charge in [0, 0.05) is 10.7 Å². The standard InChI is InChI=1S/C25H18ClFN4O/c1-16-21(15-29-31(16)24-10-6-5-9-23(24)27)25(32)30-18-11-12-19(22(26)13-18)20(14-28)17-7-3-2-4-8-17/h2-13,15,20H,1H3,(H,30,32). The number of anilines is 1. The Morgan fingerprint density at radius 3 is 2.53 bits per heavy atom. The number of nitrogens with one attached hydrogen (secondary N) is 1. The minimum absolute atomic E-state index is 0.264. The van der Waals surface area contributed by atoms with Crippen LogP contribution in [-0.4, -0.2) is 15.7 Å². The molecule has 0 bridgehead atoms. The predicted octanol–water partition coefficient (Wildman–Crippen LogP) is 5.88. The van der Waals surface area contributed by atoms with Crippen LogP contribution in [0.15, 0.2) is 79.0 Å². The highest BCUT2D eigenvalue weighted by atomic mass is 35.5. The van der Waals surface area contributed by atoms with Gasteiger partial charge in [-0.25, -0.2) is 9.07 Å². The molecule has 3 aromatic carbocycles. The molecule has 1 N–H and O–H groups in total. The molecule has 32 heavy (non-hydrogen) atoms. The summed E-state index contributed by atoms with van der Waals surface area (Å²) in [6.45, 7) is 1.70. The van der Waals surface area contributed by atoms with Crippen molar-refractivity contribution in [2.24, 2.45) is 0 Å². The highest BCUT2D eigenvalue weighted by Crippen LogP contribution is 2.32. The quantitative estimate of drug-likeness (QED) is 0.417. The van der Waals surface area contributed by atoms with E-state index in [2.05, 4.69) is 16.5 Å². The van der Waals surface area contributed by atoms with Crippen molar-refractivity contribution < 1.29 is 9.18 Å². The second-order valence-corrected chi connectivity index (χ2v) is 7.58. The van der Waals surface area contributed by atoms with Gasteiger partial charge in [0.25, 0.3) is 5.91 Å². The Balaban J connectivity index is 1.57. The van der Waals surface area contributed by atoms with Crippen molar-refractivity contribution in [1.82, 2.24) is 9.78 Å². The van der Waals surface area contributed by atoms with Crippen molar-refractivity contribution in [2.75, 3.05) is 5.32 Å². The molecule has 1 unspecified atom stereocenters. The van der Waals surface area contributed by atoms with Crippen LogP contribution in [0.25, 0.3) is 5.69 Å². The Morgan fingerprint density at radius 1 is 1.12 bits per heavy atom. The van der Waals surface area contributed by atoms with Crippen molar-refractivity contribution in [3.8, 4) is 11.8 Å². The number of para-hydroxylation sites is 1. The number of benzene rings is 3. The lowest BCUT2D eigenvalue weighted by atomic mass is 9.92. The fraction of sp³-hybridized carbons (Fsp3) is 0.0800. The summed E-state index contributed by atoms with van der Waals surface area (Å²) in [5.41, 5.74) is 3.05. The Labute approximate surface area is 189 Å². The van der Waals surface area contributed by atoms with Gasteiger partial charge in [-0.1, -0.05) is 60.1 Å². The Morgan fingerprint density at radius 2 is 1.84 bits per heavy atom. The van der Waals surface area contributed by atoms with E-state index in [0.29, 0.717) is 27.5 Å². The molecule has 0 aliphatic heterocycles. The van der Waals surface area contributed by atoms with E-state index in [4.69, 9.17) is 11.6 Å². The molecule has 4 aromatic rings. The second kappa shape index (κ2) is 9.04. The highest BCUT2D eigenvalue weighted by molar-refractivity contribution is 6.32. The number of halogens is 2.